The summed E-state index contributed by atoms with van der Waals surface area (Å²) in [4.78, 5) is 35.3. The largest absolute Gasteiger partial charge is 0.325 e. The number of halogens is 1. The summed E-state index contributed by atoms with van der Waals surface area (Å²) in [5.74, 6) is -0.192. The standard InChI is InChI=1S/C19H19ClN2O3S/c1-12-8-15(20)6-7-17(12)22-19(25)11-26-10-18(24)21-16-5-3-4-14(9-16)13(2)23/h3-9H,10-11H2,1-2H3,(H,21,24)(H,22,25). The Morgan fingerprint density at radius 1 is 1.00 bits per heavy atom. The van der Waals surface area contributed by atoms with Crippen molar-refractivity contribution in [3.05, 3.63) is 58.6 Å². The third-order valence-electron chi connectivity index (χ3n) is 3.48. The van der Waals surface area contributed by atoms with Crippen molar-refractivity contribution in [2.45, 2.75) is 13.8 Å². The molecule has 5 nitrogen and oxygen atoms in total. The Kier molecular flexibility index (Phi) is 7.24. The van der Waals surface area contributed by atoms with Crippen LogP contribution in [0.2, 0.25) is 5.02 Å². The highest BCUT2D eigenvalue weighted by atomic mass is 35.5. The minimum Gasteiger partial charge on any atom is -0.325 e. The topological polar surface area (TPSA) is 75.3 Å². The first-order valence-corrected chi connectivity index (χ1v) is 9.43. The molecular formula is C19H19ClN2O3S. The van der Waals surface area contributed by atoms with E-state index in [0.717, 1.165) is 5.56 Å². The number of benzene rings is 2. The van der Waals surface area contributed by atoms with Gasteiger partial charge in [0.2, 0.25) is 11.8 Å². The minimum absolute atomic E-state index is 0.0652. The fourth-order valence-electron chi connectivity index (χ4n) is 2.20. The fraction of sp³-hybridized carbons (Fsp3) is 0.211. The van der Waals surface area contributed by atoms with E-state index in [0.29, 0.717) is 22.0 Å². The number of nitrogens with one attached hydrogen (secondary N) is 2. The first-order chi connectivity index (χ1) is 12.3. The Hall–Kier alpha value is -2.31. The molecule has 0 atom stereocenters. The highest BCUT2D eigenvalue weighted by Crippen LogP contribution is 2.20. The summed E-state index contributed by atoms with van der Waals surface area (Å²) in [6.45, 7) is 3.33. The van der Waals surface area contributed by atoms with E-state index in [2.05, 4.69) is 10.6 Å². The molecule has 0 saturated heterocycles. The summed E-state index contributed by atoms with van der Waals surface area (Å²) >= 11 is 7.10. The second-order valence-electron chi connectivity index (χ2n) is 5.69. The average Bonchev–Trinajstić information content (AvgIpc) is 2.57. The Morgan fingerprint density at radius 2 is 1.69 bits per heavy atom. The molecule has 0 radical (unpaired) electrons. The van der Waals surface area contributed by atoms with Crippen molar-refractivity contribution in [1.29, 1.82) is 0 Å². The SMILES string of the molecule is CC(=O)c1cccc(NC(=O)CSCC(=O)Nc2ccc(Cl)cc2C)c1. The maximum Gasteiger partial charge on any atom is 0.234 e. The van der Waals surface area contributed by atoms with Crippen LogP contribution in [-0.2, 0) is 9.59 Å². The zero-order chi connectivity index (χ0) is 19.1. The molecule has 2 aromatic rings. The number of carbonyl (C=O) groups is 3. The molecular weight excluding hydrogens is 372 g/mol. The van der Waals surface area contributed by atoms with Crippen molar-refractivity contribution in [2.75, 3.05) is 22.1 Å². The first-order valence-electron chi connectivity index (χ1n) is 7.90. The van der Waals surface area contributed by atoms with Gasteiger partial charge in [-0.3, -0.25) is 14.4 Å². The Bertz CT molecular complexity index is 839. The molecule has 2 aromatic carbocycles. The van der Waals surface area contributed by atoms with Crippen LogP contribution in [0.5, 0.6) is 0 Å². The van der Waals surface area contributed by atoms with Crippen molar-refractivity contribution in [3.63, 3.8) is 0 Å². The lowest BCUT2D eigenvalue weighted by Crippen LogP contribution is -2.19. The summed E-state index contributed by atoms with van der Waals surface area (Å²) in [6, 6.07) is 12.0. The number of amides is 2. The summed E-state index contributed by atoms with van der Waals surface area (Å²) in [7, 11) is 0. The number of Topliss-reactive ketones (excluding diaryl/α,β-unsaturated/α-hetero) is 1. The van der Waals surface area contributed by atoms with Crippen molar-refractivity contribution in [1.82, 2.24) is 0 Å². The van der Waals surface area contributed by atoms with E-state index in [4.69, 9.17) is 11.6 Å². The van der Waals surface area contributed by atoms with Gasteiger partial charge in [0.15, 0.2) is 5.78 Å². The Labute approximate surface area is 161 Å². The van der Waals surface area contributed by atoms with E-state index < -0.39 is 0 Å². The van der Waals surface area contributed by atoms with Gasteiger partial charge in [-0.05, 0) is 49.7 Å². The van der Waals surface area contributed by atoms with Gasteiger partial charge in [-0.1, -0.05) is 23.7 Å². The van der Waals surface area contributed by atoms with E-state index >= 15 is 0 Å². The number of hydrogen-bond acceptors (Lipinski definition) is 4. The molecule has 0 fully saturated rings. The van der Waals surface area contributed by atoms with Gasteiger partial charge in [0.25, 0.3) is 0 Å². The lowest BCUT2D eigenvalue weighted by molar-refractivity contribution is -0.114. The van der Waals surface area contributed by atoms with Crippen LogP contribution in [0.3, 0.4) is 0 Å². The van der Waals surface area contributed by atoms with Crippen molar-refractivity contribution in [3.8, 4) is 0 Å². The number of ketones is 1. The molecule has 0 heterocycles. The molecule has 0 bridgehead atoms. The maximum absolute atomic E-state index is 12.0. The molecule has 26 heavy (non-hydrogen) atoms. The second-order valence-corrected chi connectivity index (χ2v) is 7.11. The predicted octanol–water partition coefficient (Wildman–Crippen LogP) is 4.16. The van der Waals surface area contributed by atoms with E-state index in [-0.39, 0.29) is 29.1 Å². The van der Waals surface area contributed by atoms with Crippen molar-refractivity contribution >= 4 is 52.3 Å². The van der Waals surface area contributed by atoms with Gasteiger partial charge in [-0.15, -0.1) is 11.8 Å². The third kappa shape index (κ3) is 6.20. The Balaban J connectivity index is 1.78. The molecule has 0 aliphatic heterocycles. The summed E-state index contributed by atoms with van der Waals surface area (Å²) < 4.78 is 0. The van der Waals surface area contributed by atoms with Crippen LogP contribution < -0.4 is 10.6 Å². The minimum atomic E-state index is -0.230. The highest BCUT2D eigenvalue weighted by Gasteiger charge is 2.09. The highest BCUT2D eigenvalue weighted by molar-refractivity contribution is 8.00. The molecule has 136 valence electrons. The zero-order valence-electron chi connectivity index (χ0n) is 14.5. The predicted molar refractivity (Wildman–Crippen MR) is 107 cm³/mol. The number of rotatable bonds is 7. The molecule has 2 N–H and O–H groups in total. The first kappa shape index (κ1) is 20.0. The van der Waals surface area contributed by atoms with Crippen LogP contribution in [0.1, 0.15) is 22.8 Å². The molecule has 0 aliphatic rings. The van der Waals surface area contributed by atoms with Crippen LogP contribution in [0.25, 0.3) is 0 Å². The summed E-state index contributed by atoms with van der Waals surface area (Å²) in [6.07, 6.45) is 0. The zero-order valence-corrected chi connectivity index (χ0v) is 16.0. The van der Waals surface area contributed by atoms with Gasteiger partial charge in [0.05, 0.1) is 11.5 Å². The molecule has 2 amide bonds. The molecule has 0 aromatic heterocycles. The lowest BCUT2D eigenvalue weighted by atomic mass is 10.1. The molecule has 0 spiro atoms. The number of anilines is 2. The summed E-state index contributed by atoms with van der Waals surface area (Å²) in [5.41, 5.74) is 2.67. The molecule has 0 aliphatic carbocycles. The number of thioether (sulfide) groups is 1. The van der Waals surface area contributed by atoms with Crippen molar-refractivity contribution < 1.29 is 14.4 Å². The quantitative estimate of drug-likeness (QED) is 0.696. The molecule has 2 rings (SSSR count). The maximum atomic E-state index is 12.0. The molecule has 0 saturated carbocycles. The van der Waals surface area contributed by atoms with E-state index in [1.165, 1.54) is 18.7 Å². The average molecular weight is 391 g/mol. The fourth-order valence-corrected chi connectivity index (χ4v) is 3.05. The van der Waals surface area contributed by atoms with Gasteiger partial charge >= 0.3 is 0 Å². The van der Waals surface area contributed by atoms with Crippen LogP contribution in [0.15, 0.2) is 42.5 Å². The van der Waals surface area contributed by atoms with Gasteiger partial charge in [0.1, 0.15) is 0 Å². The normalized spacial score (nSPS) is 10.3. The van der Waals surface area contributed by atoms with Gasteiger partial charge in [-0.25, -0.2) is 0 Å². The van der Waals surface area contributed by atoms with Crippen LogP contribution in [0, 0.1) is 6.92 Å². The van der Waals surface area contributed by atoms with Crippen LogP contribution in [0.4, 0.5) is 11.4 Å². The molecule has 7 heteroatoms. The lowest BCUT2D eigenvalue weighted by Gasteiger charge is -2.09. The number of hydrogen-bond donors (Lipinski definition) is 2. The van der Waals surface area contributed by atoms with Gasteiger partial charge in [-0.2, -0.15) is 0 Å². The van der Waals surface area contributed by atoms with Gasteiger partial charge in [0, 0.05) is 22.0 Å². The van der Waals surface area contributed by atoms with E-state index in [1.807, 2.05) is 6.92 Å². The summed E-state index contributed by atoms with van der Waals surface area (Å²) in [5, 5.41) is 6.12. The van der Waals surface area contributed by atoms with Crippen molar-refractivity contribution in [2.24, 2.45) is 0 Å². The van der Waals surface area contributed by atoms with Gasteiger partial charge < -0.3 is 10.6 Å². The number of carbonyl (C=O) groups excluding carboxylic acids is 3. The smallest absolute Gasteiger partial charge is 0.234 e. The third-order valence-corrected chi connectivity index (χ3v) is 4.65. The van der Waals surface area contributed by atoms with Crippen LogP contribution in [-0.4, -0.2) is 29.1 Å². The monoisotopic (exact) mass is 390 g/mol. The van der Waals surface area contributed by atoms with E-state index in [1.54, 1.807) is 42.5 Å². The van der Waals surface area contributed by atoms with E-state index in [9.17, 15) is 14.4 Å². The molecule has 0 unspecified atom stereocenters. The second kappa shape index (κ2) is 9.40. The van der Waals surface area contributed by atoms with Crippen LogP contribution >= 0.6 is 23.4 Å². The number of aryl methyl sites for hydroxylation is 1. The Morgan fingerprint density at radius 3 is 2.35 bits per heavy atom.